The zero-order chi connectivity index (χ0) is 26.2. The van der Waals surface area contributed by atoms with Gasteiger partial charge in [-0.3, -0.25) is 14.9 Å². The normalized spacial score (nSPS) is 11.9. The number of carbonyl (C=O) groups is 1. The smallest absolute Gasteiger partial charge is 0.263 e. The highest BCUT2D eigenvalue weighted by Crippen LogP contribution is 2.30. The molecule has 0 aliphatic carbocycles. The first-order valence-corrected chi connectivity index (χ1v) is 12.0. The van der Waals surface area contributed by atoms with Crippen molar-refractivity contribution in [2.24, 2.45) is 5.10 Å². The molecule has 14 heteroatoms. The van der Waals surface area contributed by atoms with Crippen molar-refractivity contribution in [3.63, 3.8) is 0 Å². The summed E-state index contributed by atoms with van der Waals surface area (Å²) in [4.78, 5) is 22.7. The van der Waals surface area contributed by atoms with Gasteiger partial charge in [0.05, 0.1) is 22.9 Å². The molecule has 1 aromatic heterocycles. The molecule has 0 fully saturated rings. The average Bonchev–Trinajstić information content (AvgIpc) is 3.21. The first-order chi connectivity index (χ1) is 17.2. The minimum atomic E-state index is -0.859. The Balaban J connectivity index is 1.64. The highest BCUT2D eigenvalue weighted by Gasteiger charge is 2.20. The number of amides is 1. The zero-order valence-electron chi connectivity index (χ0n) is 18.9. The van der Waals surface area contributed by atoms with Crippen molar-refractivity contribution in [3.05, 3.63) is 80.6 Å². The van der Waals surface area contributed by atoms with Crippen LogP contribution in [0.2, 0.25) is 10.0 Å². The number of hydrazone groups is 1. The molecule has 188 valence electrons. The molecule has 0 radical (unpaired) electrons. The Labute approximate surface area is 220 Å². The largest absolute Gasteiger partial charge is 0.867 e. The summed E-state index contributed by atoms with van der Waals surface area (Å²) in [5.41, 5.74) is 2.37. The van der Waals surface area contributed by atoms with Crippen molar-refractivity contribution < 1.29 is 14.8 Å². The van der Waals surface area contributed by atoms with E-state index in [2.05, 4.69) is 32.6 Å². The summed E-state index contributed by atoms with van der Waals surface area (Å²) in [5.74, 6) is -0.695. The molecule has 1 heterocycles. The summed E-state index contributed by atoms with van der Waals surface area (Å²) in [6.45, 7) is 6.23. The lowest BCUT2D eigenvalue weighted by atomic mass is 10.2. The van der Waals surface area contributed by atoms with Gasteiger partial charge in [0.2, 0.25) is 0 Å². The number of aromatic nitrogens is 3. The number of halogens is 2. The molecule has 0 saturated carbocycles. The summed E-state index contributed by atoms with van der Waals surface area (Å²) >= 11 is 12.9. The molecule has 3 aromatic rings. The molecule has 0 aliphatic heterocycles. The SMILES string of the molecule is C=CCn1c(CNc2ccc(Cl)cc2)nnc1S[C@@H](C)C(=O)N/N=C\c1cc(Cl)cc([N+](=O)[O-])c1[O-]. The highest BCUT2D eigenvalue weighted by molar-refractivity contribution is 8.00. The molecule has 2 N–H and O–H groups in total. The van der Waals surface area contributed by atoms with E-state index in [0.717, 1.165) is 29.7 Å². The van der Waals surface area contributed by atoms with Crippen LogP contribution < -0.4 is 15.8 Å². The van der Waals surface area contributed by atoms with E-state index >= 15 is 0 Å². The second-order valence-corrected chi connectivity index (χ2v) is 9.43. The van der Waals surface area contributed by atoms with Gasteiger partial charge >= 0.3 is 0 Å². The minimum absolute atomic E-state index is 0.000844. The molecule has 0 spiro atoms. The van der Waals surface area contributed by atoms with E-state index in [1.54, 1.807) is 25.1 Å². The Bertz CT molecular complexity index is 1300. The van der Waals surface area contributed by atoms with Gasteiger partial charge in [0.25, 0.3) is 11.6 Å². The average molecular weight is 549 g/mol. The van der Waals surface area contributed by atoms with Crippen LogP contribution in [0.1, 0.15) is 18.3 Å². The lowest BCUT2D eigenvalue weighted by molar-refractivity contribution is -0.398. The van der Waals surface area contributed by atoms with E-state index in [9.17, 15) is 20.0 Å². The molecule has 2 aromatic carbocycles. The summed E-state index contributed by atoms with van der Waals surface area (Å²) < 4.78 is 1.82. The van der Waals surface area contributed by atoms with Crippen LogP contribution in [0.4, 0.5) is 11.4 Å². The lowest BCUT2D eigenvalue weighted by Crippen LogP contribution is -2.27. The first kappa shape index (κ1) is 27.0. The van der Waals surface area contributed by atoms with Crippen LogP contribution in [-0.2, 0) is 17.9 Å². The Morgan fingerprint density at radius 1 is 1.28 bits per heavy atom. The van der Waals surface area contributed by atoms with Gasteiger partial charge in [-0.05, 0) is 48.6 Å². The standard InChI is InChI=1S/C22H21Cl2N7O4S/c1-3-8-30-19(12-25-17-6-4-15(23)5-7-17)27-29-22(30)36-13(2)21(33)28-26-11-14-9-16(24)10-18(20(14)32)31(34)35/h3-7,9-11,13,25,32H,1,8,12H2,2H3,(H,28,33)/p-1/b26-11-/t13-/m0/s1. The molecule has 0 saturated heterocycles. The fraction of sp³-hybridized carbons (Fsp3) is 0.182. The molecule has 0 unspecified atom stereocenters. The number of nitro groups is 1. The molecule has 1 atom stereocenters. The number of benzene rings is 2. The number of anilines is 1. The molecular weight excluding hydrogens is 529 g/mol. The molecule has 36 heavy (non-hydrogen) atoms. The number of nitrogens with one attached hydrogen (secondary N) is 2. The Hall–Kier alpha value is -3.61. The fourth-order valence-corrected chi connectivity index (χ4v) is 4.12. The summed E-state index contributed by atoms with van der Waals surface area (Å²) in [6, 6.07) is 9.41. The van der Waals surface area contributed by atoms with E-state index in [1.807, 2.05) is 16.7 Å². The number of hydrogen-bond acceptors (Lipinski definition) is 9. The van der Waals surface area contributed by atoms with E-state index in [-0.39, 0.29) is 10.6 Å². The lowest BCUT2D eigenvalue weighted by Gasteiger charge is -2.12. The maximum absolute atomic E-state index is 12.5. The van der Waals surface area contributed by atoms with Gasteiger partial charge in [-0.25, -0.2) is 5.43 Å². The first-order valence-electron chi connectivity index (χ1n) is 10.4. The van der Waals surface area contributed by atoms with Crippen molar-refractivity contribution in [2.45, 2.75) is 30.4 Å². The number of hydrogen-bond donors (Lipinski definition) is 2. The van der Waals surface area contributed by atoms with Crippen LogP contribution in [0.3, 0.4) is 0 Å². The predicted molar refractivity (Wildman–Crippen MR) is 138 cm³/mol. The predicted octanol–water partition coefficient (Wildman–Crippen LogP) is 4.00. The van der Waals surface area contributed by atoms with E-state index in [4.69, 9.17) is 23.2 Å². The number of carbonyl (C=O) groups excluding carboxylic acids is 1. The molecular formula is C22H20Cl2N7O4S-. The second kappa shape index (κ2) is 12.4. The van der Waals surface area contributed by atoms with Crippen LogP contribution in [0.25, 0.3) is 0 Å². The Kier molecular flexibility index (Phi) is 9.28. The van der Waals surface area contributed by atoms with Gasteiger partial charge < -0.3 is 15.0 Å². The van der Waals surface area contributed by atoms with Crippen molar-refractivity contribution in [3.8, 4) is 5.75 Å². The maximum Gasteiger partial charge on any atom is 0.263 e. The third kappa shape index (κ3) is 6.97. The highest BCUT2D eigenvalue weighted by atomic mass is 35.5. The minimum Gasteiger partial charge on any atom is -0.867 e. The number of nitrogens with zero attached hydrogens (tertiary/aromatic N) is 5. The Morgan fingerprint density at radius 2 is 2.00 bits per heavy atom. The number of allylic oxidation sites excluding steroid dienone is 1. The van der Waals surface area contributed by atoms with Crippen molar-refractivity contribution in [2.75, 3.05) is 5.32 Å². The third-order valence-corrected chi connectivity index (χ3v) is 6.24. The summed E-state index contributed by atoms with van der Waals surface area (Å²) in [5, 5.41) is 39.0. The number of nitro benzene ring substituents is 1. The summed E-state index contributed by atoms with van der Waals surface area (Å²) in [7, 11) is 0. The van der Waals surface area contributed by atoms with Gasteiger partial charge in [-0.2, -0.15) is 5.10 Å². The number of thioether (sulfide) groups is 1. The van der Waals surface area contributed by atoms with Crippen molar-refractivity contribution >= 4 is 58.5 Å². The fourth-order valence-electron chi connectivity index (χ4n) is 2.90. The topological polar surface area (TPSA) is 150 Å². The molecule has 0 bridgehead atoms. The van der Waals surface area contributed by atoms with E-state index in [1.165, 1.54) is 6.07 Å². The van der Waals surface area contributed by atoms with Crippen LogP contribution in [0.15, 0.2) is 59.3 Å². The van der Waals surface area contributed by atoms with Crippen LogP contribution >= 0.6 is 35.0 Å². The van der Waals surface area contributed by atoms with Crippen LogP contribution in [-0.4, -0.2) is 37.1 Å². The van der Waals surface area contributed by atoms with Crippen molar-refractivity contribution in [1.82, 2.24) is 20.2 Å². The molecule has 11 nitrogen and oxygen atoms in total. The zero-order valence-corrected chi connectivity index (χ0v) is 21.2. The van der Waals surface area contributed by atoms with Gasteiger partial charge in [0.1, 0.15) is 0 Å². The quantitative estimate of drug-likeness (QED) is 0.120. The van der Waals surface area contributed by atoms with Gasteiger partial charge in [0.15, 0.2) is 11.0 Å². The second-order valence-electron chi connectivity index (χ2n) is 7.25. The summed E-state index contributed by atoms with van der Waals surface area (Å²) in [6.07, 6.45) is 2.70. The maximum atomic E-state index is 12.5. The molecule has 3 rings (SSSR count). The number of rotatable bonds is 11. The van der Waals surface area contributed by atoms with E-state index < -0.39 is 27.5 Å². The molecule has 1 amide bonds. The molecule has 0 aliphatic rings. The van der Waals surface area contributed by atoms with Crippen LogP contribution in [0.5, 0.6) is 5.75 Å². The van der Waals surface area contributed by atoms with Gasteiger partial charge in [-0.1, -0.05) is 41.0 Å². The van der Waals surface area contributed by atoms with Gasteiger partial charge in [-0.15, -0.1) is 16.8 Å². The van der Waals surface area contributed by atoms with Crippen molar-refractivity contribution in [1.29, 1.82) is 0 Å². The van der Waals surface area contributed by atoms with Gasteiger partial charge in [0, 0.05) is 28.3 Å². The monoisotopic (exact) mass is 548 g/mol. The Morgan fingerprint density at radius 3 is 2.67 bits per heavy atom. The van der Waals surface area contributed by atoms with Crippen LogP contribution in [0, 0.1) is 10.1 Å². The van der Waals surface area contributed by atoms with E-state index in [0.29, 0.717) is 29.1 Å². The third-order valence-electron chi connectivity index (χ3n) is 4.69.